The van der Waals surface area contributed by atoms with E-state index in [1.165, 1.54) is 6.07 Å². The third kappa shape index (κ3) is 4.40. The van der Waals surface area contributed by atoms with Crippen LogP contribution in [0.3, 0.4) is 0 Å². The van der Waals surface area contributed by atoms with Gasteiger partial charge in [-0.05, 0) is 37.0 Å². The Morgan fingerprint density at radius 2 is 1.90 bits per heavy atom. The Labute approximate surface area is 118 Å². The molecule has 1 rings (SSSR count). The van der Waals surface area contributed by atoms with Crippen LogP contribution in [0.2, 0.25) is 0 Å². The molecule has 114 valence electrons. The van der Waals surface area contributed by atoms with Gasteiger partial charge in [-0.2, -0.15) is 13.2 Å². The van der Waals surface area contributed by atoms with E-state index in [4.69, 9.17) is 5.73 Å². The van der Waals surface area contributed by atoms with E-state index in [-0.39, 0.29) is 18.0 Å². The summed E-state index contributed by atoms with van der Waals surface area (Å²) >= 11 is 0. The zero-order valence-corrected chi connectivity index (χ0v) is 12.3. The summed E-state index contributed by atoms with van der Waals surface area (Å²) in [5.41, 5.74) is 6.09. The van der Waals surface area contributed by atoms with E-state index in [1.54, 1.807) is 19.2 Å². The molecule has 0 aliphatic heterocycles. The Morgan fingerprint density at radius 1 is 1.25 bits per heavy atom. The van der Waals surface area contributed by atoms with Crippen LogP contribution in [0.15, 0.2) is 18.2 Å². The van der Waals surface area contributed by atoms with Crippen molar-refractivity contribution in [2.45, 2.75) is 45.3 Å². The fourth-order valence-corrected chi connectivity index (χ4v) is 2.14. The van der Waals surface area contributed by atoms with Gasteiger partial charge >= 0.3 is 6.18 Å². The fourth-order valence-electron chi connectivity index (χ4n) is 2.14. The molecule has 1 atom stereocenters. The van der Waals surface area contributed by atoms with Crippen LogP contribution in [0.5, 0.6) is 0 Å². The first-order valence-corrected chi connectivity index (χ1v) is 6.96. The molecule has 20 heavy (non-hydrogen) atoms. The summed E-state index contributed by atoms with van der Waals surface area (Å²) in [5, 5.41) is 0. The van der Waals surface area contributed by atoms with Gasteiger partial charge in [-0.1, -0.05) is 19.9 Å². The van der Waals surface area contributed by atoms with E-state index in [2.05, 4.69) is 0 Å². The van der Waals surface area contributed by atoms with Crippen molar-refractivity contribution in [3.63, 3.8) is 0 Å². The minimum Gasteiger partial charge on any atom is -0.375 e. The van der Waals surface area contributed by atoms with Gasteiger partial charge in [0.2, 0.25) is 0 Å². The second-order valence-corrected chi connectivity index (χ2v) is 5.13. The summed E-state index contributed by atoms with van der Waals surface area (Å²) < 4.78 is 39.5. The van der Waals surface area contributed by atoms with Crippen LogP contribution in [-0.4, -0.2) is 19.6 Å². The molecule has 0 saturated carbocycles. The lowest BCUT2D eigenvalue weighted by Gasteiger charge is -2.22. The van der Waals surface area contributed by atoms with Gasteiger partial charge in [0.05, 0.1) is 5.56 Å². The molecule has 0 aliphatic rings. The van der Waals surface area contributed by atoms with Crippen LogP contribution in [0.1, 0.15) is 37.8 Å². The summed E-state index contributed by atoms with van der Waals surface area (Å²) in [6.07, 6.45) is -2.54. The molecule has 2 N–H and O–H groups in total. The lowest BCUT2D eigenvalue weighted by atomic mass is 9.98. The van der Waals surface area contributed by atoms with Gasteiger partial charge in [0.25, 0.3) is 0 Å². The van der Waals surface area contributed by atoms with Crippen LogP contribution in [-0.2, 0) is 12.6 Å². The largest absolute Gasteiger partial charge is 0.416 e. The summed E-state index contributed by atoms with van der Waals surface area (Å²) in [7, 11) is 1.80. The number of alkyl halides is 3. The second-order valence-electron chi connectivity index (χ2n) is 5.13. The second kappa shape index (κ2) is 6.97. The SMILES string of the molecule is CCCN(C)c1ccc(CC(N)CC)c(C(F)(F)F)c1. The van der Waals surface area contributed by atoms with Crippen LogP contribution >= 0.6 is 0 Å². The van der Waals surface area contributed by atoms with Gasteiger partial charge in [-0.15, -0.1) is 0 Å². The van der Waals surface area contributed by atoms with E-state index in [0.717, 1.165) is 13.0 Å². The minimum atomic E-state index is -4.34. The van der Waals surface area contributed by atoms with Crippen LogP contribution in [0.4, 0.5) is 18.9 Å². The Hall–Kier alpha value is -1.23. The van der Waals surface area contributed by atoms with Crippen molar-refractivity contribution in [2.75, 3.05) is 18.5 Å². The maximum absolute atomic E-state index is 13.2. The van der Waals surface area contributed by atoms with Gasteiger partial charge in [0, 0.05) is 25.3 Å². The summed E-state index contributed by atoms with van der Waals surface area (Å²) in [4.78, 5) is 1.83. The maximum atomic E-state index is 13.2. The van der Waals surface area contributed by atoms with Crippen molar-refractivity contribution in [1.29, 1.82) is 0 Å². The molecule has 0 bridgehead atoms. The highest BCUT2D eigenvalue weighted by Gasteiger charge is 2.34. The molecule has 0 amide bonds. The lowest BCUT2D eigenvalue weighted by molar-refractivity contribution is -0.138. The van der Waals surface area contributed by atoms with Crippen molar-refractivity contribution < 1.29 is 13.2 Å². The average Bonchev–Trinajstić information content (AvgIpc) is 2.38. The topological polar surface area (TPSA) is 29.3 Å². The first-order chi connectivity index (χ1) is 9.29. The third-order valence-corrected chi connectivity index (χ3v) is 3.41. The first kappa shape index (κ1) is 16.8. The van der Waals surface area contributed by atoms with E-state index < -0.39 is 11.7 Å². The Bertz CT molecular complexity index is 430. The molecule has 0 heterocycles. The summed E-state index contributed by atoms with van der Waals surface area (Å²) in [6.45, 7) is 4.60. The fraction of sp³-hybridized carbons (Fsp3) is 0.600. The molecule has 0 spiro atoms. The number of nitrogens with two attached hydrogens (primary N) is 1. The molecule has 1 unspecified atom stereocenters. The number of nitrogens with zero attached hydrogens (tertiary/aromatic N) is 1. The zero-order chi connectivity index (χ0) is 15.3. The standard InChI is InChI=1S/C15H23F3N2/c1-4-8-20(3)13-7-6-11(9-12(19)5-2)14(10-13)15(16,17)18/h6-7,10,12H,4-5,8-9,19H2,1-3H3. The number of benzene rings is 1. The van der Waals surface area contributed by atoms with Crippen molar-refractivity contribution in [3.05, 3.63) is 29.3 Å². The molecule has 0 aromatic heterocycles. The molecular formula is C15H23F3N2. The molecule has 5 heteroatoms. The molecule has 0 aliphatic carbocycles. The molecule has 1 aromatic carbocycles. The van der Waals surface area contributed by atoms with E-state index in [1.807, 2.05) is 18.7 Å². The third-order valence-electron chi connectivity index (χ3n) is 3.41. The Morgan fingerprint density at radius 3 is 2.40 bits per heavy atom. The minimum absolute atomic E-state index is 0.240. The van der Waals surface area contributed by atoms with Crippen molar-refractivity contribution in [2.24, 2.45) is 5.73 Å². The highest BCUT2D eigenvalue weighted by molar-refractivity contribution is 5.51. The highest BCUT2D eigenvalue weighted by atomic mass is 19.4. The quantitative estimate of drug-likeness (QED) is 0.862. The Balaban J connectivity index is 3.13. The van der Waals surface area contributed by atoms with Gasteiger partial charge in [0.1, 0.15) is 0 Å². The molecule has 1 aromatic rings. The summed E-state index contributed by atoms with van der Waals surface area (Å²) in [5.74, 6) is 0. The average molecular weight is 288 g/mol. The highest BCUT2D eigenvalue weighted by Crippen LogP contribution is 2.35. The first-order valence-electron chi connectivity index (χ1n) is 6.96. The van der Waals surface area contributed by atoms with Crippen molar-refractivity contribution >= 4 is 5.69 Å². The van der Waals surface area contributed by atoms with Crippen LogP contribution < -0.4 is 10.6 Å². The van der Waals surface area contributed by atoms with E-state index >= 15 is 0 Å². The molecule has 2 nitrogen and oxygen atoms in total. The monoisotopic (exact) mass is 288 g/mol. The number of hydrogen-bond acceptors (Lipinski definition) is 2. The lowest BCUT2D eigenvalue weighted by Crippen LogP contribution is -2.24. The normalized spacial score (nSPS) is 13.3. The Kier molecular flexibility index (Phi) is 5.87. The van der Waals surface area contributed by atoms with Gasteiger partial charge in [-0.3, -0.25) is 0 Å². The van der Waals surface area contributed by atoms with Crippen molar-refractivity contribution in [3.8, 4) is 0 Å². The maximum Gasteiger partial charge on any atom is 0.416 e. The number of anilines is 1. The van der Waals surface area contributed by atoms with Gasteiger partial charge < -0.3 is 10.6 Å². The summed E-state index contributed by atoms with van der Waals surface area (Å²) in [6, 6.07) is 4.28. The number of halogens is 3. The molecular weight excluding hydrogens is 265 g/mol. The van der Waals surface area contributed by atoms with Crippen LogP contribution in [0, 0.1) is 0 Å². The van der Waals surface area contributed by atoms with Crippen LogP contribution in [0.25, 0.3) is 0 Å². The molecule has 0 fully saturated rings. The predicted molar refractivity (Wildman–Crippen MR) is 77.0 cm³/mol. The van der Waals surface area contributed by atoms with Gasteiger partial charge in [-0.25, -0.2) is 0 Å². The predicted octanol–water partition coefficient (Wildman–Crippen LogP) is 3.83. The zero-order valence-electron chi connectivity index (χ0n) is 12.3. The van der Waals surface area contributed by atoms with E-state index in [0.29, 0.717) is 12.1 Å². The molecule has 0 radical (unpaired) electrons. The van der Waals surface area contributed by atoms with Crippen molar-refractivity contribution in [1.82, 2.24) is 0 Å². The smallest absolute Gasteiger partial charge is 0.375 e. The van der Waals surface area contributed by atoms with Gasteiger partial charge in [0.15, 0.2) is 0 Å². The molecule has 0 saturated heterocycles. The van der Waals surface area contributed by atoms with E-state index in [9.17, 15) is 13.2 Å². The number of rotatable bonds is 6. The number of hydrogen-bond donors (Lipinski definition) is 1.